The Morgan fingerprint density at radius 1 is 1.23 bits per heavy atom. The fourth-order valence-electron chi connectivity index (χ4n) is 2.04. The Kier molecular flexibility index (Phi) is 3.46. The number of phenols is 1. The molecule has 0 atom stereocenters. The number of halogens is 1. The molecule has 0 aliphatic carbocycles. The van der Waals surface area contributed by atoms with E-state index in [0.29, 0.717) is 5.69 Å². The predicted molar refractivity (Wildman–Crippen MR) is 86.2 cm³/mol. The third-order valence-electron chi connectivity index (χ3n) is 3.09. The fraction of sp³-hybridized carbons (Fsp3) is 0.0714. The summed E-state index contributed by atoms with van der Waals surface area (Å²) in [4.78, 5) is -0.160. The lowest BCUT2D eigenvalue weighted by Gasteiger charge is -2.20. The van der Waals surface area contributed by atoms with E-state index < -0.39 is 10.0 Å². The van der Waals surface area contributed by atoms with Crippen LogP contribution in [0.4, 0.5) is 11.4 Å². The first-order valence-electron chi connectivity index (χ1n) is 6.33. The topological polar surface area (TPSA) is 90.8 Å². The zero-order valence-corrected chi connectivity index (χ0v) is 13.0. The van der Waals surface area contributed by atoms with Gasteiger partial charge in [0.2, 0.25) is 5.96 Å². The molecule has 1 heterocycles. The van der Waals surface area contributed by atoms with Gasteiger partial charge >= 0.3 is 0 Å². The Morgan fingerprint density at radius 2 is 1.91 bits per heavy atom. The van der Waals surface area contributed by atoms with Gasteiger partial charge < -0.3 is 15.7 Å². The summed E-state index contributed by atoms with van der Waals surface area (Å²) in [5, 5.41) is 15.6. The van der Waals surface area contributed by atoms with E-state index in [4.69, 9.17) is 11.6 Å². The molecule has 3 rings (SSSR count). The van der Waals surface area contributed by atoms with Crippen molar-refractivity contribution in [3.63, 3.8) is 0 Å². The first kappa shape index (κ1) is 14.7. The van der Waals surface area contributed by atoms with Gasteiger partial charge in [-0.1, -0.05) is 29.3 Å². The predicted octanol–water partition coefficient (Wildman–Crippen LogP) is 2.94. The van der Waals surface area contributed by atoms with Crippen molar-refractivity contribution < 1.29 is 13.5 Å². The second kappa shape index (κ2) is 5.19. The number of hydrogen-bond donors (Lipinski definition) is 3. The van der Waals surface area contributed by atoms with Crippen molar-refractivity contribution in [2.24, 2.45) is 4.40 Å². The van der Waals surface area contributed by atoms with Crippen molar-refractivity contribution in [1.29, 1.82) is 0 Å². The first-order chi connectivity index (χ1) is 10.3. The number of rotatable bonds is 1. The Morgan fingerprint density at radius 3 is 2.59 bits per heavy atom. The highest BCUT2D eigenvalue weighted by Gasteiger charge is 2.28. The molecule has 0 radical (unpaired) electrons. The molecule has 8 heteroatoms. The number of aromatic hydroxyl groups is 1. The summed E-state index contributed by atoms with van der Waals surface area (Å²) in [7, 11) is -3.95. The van der Waals surface area contributed by atoms with Crippen LogP contribution in [0.1, 0.15) is 5.56 Å². The van der Waals surface area contributed by atoms with Crippen LogP contribution in [0.15, 0.2) is 45.7 Å². The average Bonchev–Trinajstić information content (AvgIpc) is 2.42. The van der Waals surface area contributed by atoms with Crippen LogP contribution in [0.3, 0.4) is 0 Å². The van der Waals surface area contributed by atoms with E-state index >= 15 is 0 Å². The molecule has 0 aromatic heterocycles. The molecule has 0 saturated heterocycles. The lowest BCUT2D eigenvalue weighted by molar-refractivity contribution is 0.476. The van der Waals surface area contributed by atoms with E-state index in [-0.39, 0.29) is 27.3 Å². The van der Waals surface area contributed by atoms with Crippen LogP contribution < -0.4 is 10.6 Å². The smallest absolute Gasteiger partial charge is 0.287 e. The van der Waals surface area contributed by atoms with Gasteiger partial charge in [-0.25, -0.2) is 0 Å². The van der Waals surface area contributed by atoms with Crippen LogP contribution in [0, 0.1) is 6.92 Å². The molecule has 1 aliphatic heterocycles. The maximum atomic E-state index is 12.2. The van der Waals surface area contributed by atoms with Gasteiger partial charge in [-0.15, -0.1) is 4.40 Å². The second-order valence-electron chi connectivity index (χ2n) is 4.83. The third kappa shape index (κ3) is 2.72. The van der Waals surface area contributed by atoms with Crippen LogP contribution in [-0.2, 0) is 10.0 Å². The molecule has 22 heavy (non-hydrogen) atoms. The zero-order chi connectivity index (χ0) is 15.9. The summed E-state index contributed by atoms with van der Waals surface area (Å²) >= 11 is 5.77. The highest BCUT2D eigenvalue weighted by Crippen LogP contribution is 2.37. The van der Waals surface area contributed by atoms with Crippen LogP contribution in [0.2, 0.25) is 5.02 Å². The van der Waals surface area contributed by atoms with Gasteiger partial charge in [0, 0.05) is 16.8 Å². The number of nitrogens with zero attached hydrogens (tertiary/aromatic N) is 1. The Balaban J connectivity index is 2.00. The summed E-state index contributed by atoms with van der Waals surface area (Å²) in [5.74, 6) is -0.252. The lowest BCUT2D eigenvalue weighted by atomic mass is 10.2. The second-order valence-corrected chi connectivity index (χ2v) is 6.84. The number of nitrogens with one attached hydrogen (secondary N) is 2. The van der Waals surface area contributed by atoms with E-state index in [0.717, 1.165) is 5.56 Å². The van der Waals surface area contributed by atoms with Crippen molar-refractivity contribution in [3.8, 4) is 5.75 Å². The number of aryl methyl sites for hydroxylation is 1. The highest BCUT2D eigenvalue weighted by atomic mass is 35.5. The monoisotopic (exact) mass is 337 g/mol. The van der Waals surface area contributed by atoms with Gasteiger partial charge in [0.15, 0.2) is 0 Å². The SMILES string of the molecule is Cc1ccc(NC2=NS(=O)(=O)c3cc(Cl)cc(O)c3N2)cc1. The third-order valence-corrected chi connectivity index (χ3v) is 4.61. The summed E-state index contributed by atoms with van der Waals surface area (Å²) < 4.78 is 28.0. The average molecular weight is 338 g/mol. The largest absolute Gasteiger partial charge is 0.506 e. The molecular formula is C14H12ClN3O3S. The standard InChI is InChI=1S/C14H12ClN3O3S/c1-8-2-4-10(5-3-8)16-14-17-13-11(19)6-9(15)7-12(13)22(20,21)18-14/h2-7,19H,1H3,(H2,16,17,18). The Hall–Kier alpha value is -2.25. The van der Waals surface area contributed by atoms with Crippen molar-refractivity contribution >= 4 is 39.0 Å². The highest BCUT2D eigenvalue weighted by molar-refractivity contribution is 7.90. The number of benzene rings is 2. The number of anilines is 2. The molecule has 3 N–H and O–H groups in total. The van der Waals surface area contributed by atoms with Crippen LogP contribution in [0.25, 0.3) is 0 Å². The Bertz CT molecular complexity index is 877. The molecule has 0 saturated carbocycles. The minimum atomic E-state index is -3.95. The van der Waals surface area contributed by atoms with Gasteiger partial charge in [0.1, 0.15) is 16.3 Å². The molecule has 0 fully saturated rings. The summed E-state index contributed by atoms with van der Waals surface area (Å²) in [5.41, 5.74) is 1.80. The zero-order valence-electron chi connectivity index (χ0n) is 11.5. The van der Waals surface area contributed by atoms with Crippen LogP contribution >= 0.6 is 11.6 Å². The van der Waals surface area contributed by atoms with Gasteiger partial charge in [0.05, 0.1) is 0 Å². The molecule has 2 aromatic carbocycles. The molecule has 0 amide bonds. The number of sulfonamides is 1. The number of fused-ring (bicyclic) bond motifs is 1. The lowest BCUT2D eigenvalue weighted by Crippen LogP contribution is -2.28. The molecule has 0 unspecified atom stereocenters. The van der Waals surface area contributed by atoms with Gasteiger partial charge in [-0.3, -0.25) is 0 Å². The van der Waals surface area contributed by atoms with Gasteiger partial charge in [-0.05, 0) is 25.1 Å². The van der Waals surface area contributed by atoms with E-state index in [2.05, 4.69) is 15.0 Å². The molecule has 1 aliphatic rings. The van der Waals surface area contributed by atoms with Gasteiger partial charge in [-0.2, -0.15) is 8.42 Å². The van der Waals surface area contributed by atoms with E-state index in [9.17, 15) is 13.5 Å². The Labute approximate surface area is 132 Å². The number of phenolic OH excluding ortho intramolecular Hbond substituents is 1. The summed E-state index contributed by atoms with van der Waals surface area (Å²) in [6.45, 7) is 1.95. The summed E-state index contributed by atoms with van der Waals surface area (Å²) in [6, 6.07) is 9.85. The molecular weight excluding hydrogens is 326 g/mol. The molecule has 114 valence electrons. The van der Waals surface area contributed by atoms with Crippen molar-refractivity contribution in [1.82, 2.24) is 0 Å². The van der Waals surface area contributed by atoms with Crippen molar-refractivity contribution in [2.75, 3.05) is 10.6 Å². The quantitative estimate of drug-likeness (QED) is 0.696. The van der Waals surface area contributed by atoms with E-state index in [1.165, 1.54) is 12.1 Å². The van der Waals surface area contributed by atoms with Crippen LogP contribution in [0.5, 0.6) is 5.75 Å². The summed E-state index contributed by atoms with van der Waals surface area (Å²) in [6.07, 6.45) is 0. The first-order valence-corrected chi connectivity index (χ1v) is 8.15. The molecule has 6 nitrogen and oxygen atoms in total. The minimum Gasteiger partial charge on any atom is -0.506 e. The number of hydrogen-bond acceptors (Lipinski definition) is 5. The van der Waals surface area contributed by atoms with E-state index in [1.54, 1.807) is 12.1 Å². The number of guanidine groups is 1. The van der Waals surface area contributed by atoms with Crippen LogP contribution in [-0.4, -0.2) is 19.5 Å². The molecule has 0 spiro atoms. The fourth-order valence-corrected chi connectivity index (χ4v) is 3.43. The van der Waals surface area contributed by atoms with E-state index in [1.807, 2.05) is 19.1 Å². The minimum absolute atomic E-state index is 0.00831. The molecule has 0 bridgehead atoms. The molecule has 2 aromatic rings. The maximum absolute atomic E-state index is 12.2. The maximum Gasteiger partial charge on any atom is 0.287 e. The van der Waals surface area contributed by atoms with Crippen molar-refractivity contribution in [3.05, 3.63) is 47.0 Å². The van der Waals surface area contributed by atoms with Gasteiger partial charge in [0.25, 0.3) is 10.0 Å². The normalized spacial score (nSPS) is 15.5. The van der Waals surface area contributed by atoms with Crippen molar-refractivity contribution in [2.45, 2.75) is 11.8 Å².